The Balaban J connectivity index is 2.88. The second-order valence-corrected chi connectivity index (χ2v) is 12.5. The van der Waals surface area contributed by atoms with Crippen LogP contribution in [0.3, 0.4) is 0 Å². The number of methoxy groups -OCH3 is 1. The predicted molar refractivity (Wildman–Crippen MR) is 101 cm³/mol. The molecule has 0 radical (unpaired) electrons. The van der Waals surface area contributed by atoms with Gasteiger partial charge >= 0.3 is 5.97 Å². The van der Waals surface area contributed by atoms with Gasteiger partial charge in [0.25, 0.3) is 5.91 Å². The van der Waals surface area contributed by atoms with Gasteiger partial charge in [-0.1, -0.05) is 33.9 Å². The summed E-state index contributed by atoms with van der Waals surface area (Å²) >= 11 is 0. The Hall–Kier alpha value is -2.26. The van der Waals surface area contributed by atoms with Crippen molar-refractivity contribution in [3.8, 4) is 17.2 Å². The number of phenolic OH excluding ortho intramolecular Hbond substituents is 1. The first-order valence-electron chi connectivity index (χ1n) is 8.15. The largest absolute Gasteiger partial charge is 0.508 e. The Kier molecular flexibility index (Phi) is 6.83. The van der Waals surface area contributed by atoms with Gasteiger partial charge in [-0.2, -0.15) is 0 Å². The van der Waals surface area contributed by atoms with Crippen LogP contribution >= 0.6 is 0 Å². The summed E-state index contributed by atoms with van der Waals surface area (Å²) in [6.45, 7) is 10.9. The van der Waals surface area contributed by atoms with Crippen molar-refractivity contribution in [2.75, 3.05) is 7.11 Å². The van der Waals surface area contributed by atoms with E-state index >= 15 is 0 Å². The van der Waals surface area contributed by atoms with Gasteiger partial charge in [-0.3, -0.25) is 4.79 Å². The molecule has 0 aliphatic rings. The lowest BCUT2D eigenvalue weighted by atomic mass is 10.1. The number of hydrogen-bond acceptors (Lipinski definition) is 4. The van der Waals surface area contributed by atoms with Gasteiger partial charge in [0.15, 0.2) is 0 Å². The van der Waals surface area contributed by atoms with E-state index in [1.807, 2.05) is 0 Å². The van der Waals surface area contributed by atoms with Gasteiger partial charge in [-0.25, -0.2) is 4.79 Å². The zero-order valence-electron chi connectivity index (χ0n) is 15.8. The molecule has 0 unspecified atom stereocenters. The van der Waals surface area contributed by atoms with E-state index in [1.54, 1.807) is 0 Å². The van der Waals surface area contributed by atoms with Gasteiger partial charge < -0.3 is 15.2 Å². The van der Waals surface area contributed by atoms with Gasteiger partial charge in [0.2, 0.25) is 0 Å². The van der Waals surface area contributed by atoms with E-state index in [1.165, 1.54) is 31.4 Å². The van der Waals surface area contributed by atoms with Crippen LogP contribution in [0.1, 0.15) is 37.6 Å². The number of nitrogens with one attached hydrogen (secondary N) is 1. The minimum atomic E-state index is -1.78. The van der Waals surface area contributed by atoms with Crippen molar-refractivity contribution in [2.24, 2.45) is 0 Å². The molecule has 0 aliphatic carbocycles. The molecular formula is C19H27NO4Si. The van der Waals surface area contributed by atoms with E-state index in [4.69, 9.17) is 4.74 Å². The fraction of sp³-hybridized carbons (Fsp3) is 0.474. The topological polar surface area (TPSA) is 75.6 Å². The van der Waals surface area contributed by atoms with E-state index in [9.17, 15) is 14.7 Å². The average molecular weight is 362 g/mol. The molecule has 6 heteroatoms. The highest BCUT2D eigenvalue weighted by Gasteiger charge is 2.33. The fourth-order valence-electron chi connectivity index (χ4n) is 1.75. The number of rotatable bonds is 4. The maximum absolute atomic E-state index is 12.3. The summed E-state index contributed by atoms with van der Waals surface area (Å²) in [6, 6.07) is 4.97. The summed E-state index contributed by atoms with van der Waals surface area (Å²) < 4.78 is 4.77. The molecule has 5 nitrogen and oxygen atoms in total. The number of esters is 1. The molecule has 0 saturated heterocycles. The first kappa shape index (κ1) is 20.8. The van der Waals surface area contributed by atoms with E-state index in [0.29, 0.717) is 5.56 Å². The average Bonchev–Trinajstić information content (AvgIpc) is 2.52. The minimum Gasteiger partial charge on any atom is -0.508 e. The number of benzene rings is 1. The SMILES string of the molecule is COC(=O)[C@H](CC#C[Si](C)(C)C(C)(C)C)NC(=O)c1ccc(O)cc1. The highest BCUT2D eigenvalue weighted by atomic mass is 28.3. The Morgan fingerprint density at radius 3 is 2.28 bits per heavy atom. The number of ether oxygens (including phenoxy) is 1. The van der Waals surface area contributed by atoms with Crippen LogP contribution in [-0.2, 0) is 9.53 Å². The minimum absolute atomic E-state index is 0.0707. The Labute approximate surface area is 150 Å². The number of aromatic hydroxyl groups is 1. The van der Waals surface area contributed by atoms with Gasteiger partial charge in [0, 0.05) is 12.0 Å². The molecule has 0 saturated carbocycles. The number of amides is 1. The number of hydrogen-bond donors (Lipinski definition) is 2. The zero-order chi connectivity index (χ0) is 19.3. The third-order valence-corrected chi connectivity index (χ3v) is 9.05. The van der Waals surface area contributed by atoms with Gasteiger partial charge in [0.05, 0.1) is 7.11 Å². The van der Waals surface area contributed by atoms with E-state index < -0.39 is 26.0 Å². The second-order valence-electron chi connectivity index (χ2n) is 7.48. The van der Waals surface area contributed by atoms with Gasteiger partial charge in [-0.05, 0) is 29.3 Å². The summed E-state index contributed by atoms with van der Waals surface area (Å²) in [7, 11) is -0.500. The smallest absolute Gasteiger partial charge is 0.329 e. The predicted octanol–water partition coefficient (Wildman–Crippen LogP) is 3.10. The van der Waals surface area contributed by atoms with Crippen LogP contribution in [0.4, 0.5) is 0 Å². The molecule has 1 rings (SSSR count). The first-order valence-corrected chi connectivity index (χ1v) is 11.2. The molecule has 1 aromatic carbocycles. The lowest BCUT2D eigenvalue weighted by molar-refractivity contribution is -0.142. The van der Waals surface area contributed by atoms with Crippen molar-refractivity contribution in [1.29, 1.82) is 0 Å². The Morgan fingerprint density at radius 2 is 1.80 bits per heavy atom. The molecule has 136 valence electrons. The number of phenols is 1. The molecule has 1 atom stereocenters. The number of carbonyl (C=O) groups is 2. The van der Waals surface area contributed by atoms with E-state index in [0.717, 1.165) is 0 Å². The standard InChI is InChI=1S/C19H27NO4Si/c1-19(2,3)25(5,6)13-7-8-16(18(23)24-4)20-17(22)14-9-11-15(21)12-10-14/h9-12,16,21H,8H2,1-6H3,(H,20,22)/t16-/m0/s1. The van der Waals surface area contributed by atoms with Crippen LogP contribution in [0, 0.1) is 11.5 Å². The quantitative estimate of drug-likeness (QED) is 0.491. The Morgan fingerprint density at radius 1 is 1.24 bits per heavy atom. The van der Waals surface area contributed by atoms with Crippen molar-refractivity contribution in [2.45, 2.75) is 51.4 Å². The molecular weight excluding hydrogens is 334 g/mol. The second kappa shape index (κ2) is 8.21. The van der Waals surface area contributed by atoms with Crippen molar-refractivity contribution < 1.29 is 19.4 Å². The normalized spacial score (nSPS) is 12.6. The summed E-state index contributed by atoms with van der Waals surface area (Å²) in [6.07, 6.45) is 0.197. The van der Waals surface area contributed by atoms with Crippen molar-refractivity contribution >= 4 is 20.0 Å². The van der Waals surface area contributed by atoms with Crippen LogP contribution in [-0.4, -0.2) is 38.2 Å². The summed E-state index contributed by atoms with van der Waals surface area (Å²) in [5.74, 6) is 2.20. The van der Waals surface area contributed by atoms with E-state index in [-0.39, 0.29) is 17.2 Å². The van der Waals surface area contributed by atoms with Crippen LogP contribution in [0.15, 0.2) is 24.3 Å². The van der Waals surface area contributed by atoms with Crippen molar-refractivity contribution in [3.63, 3.8) is 0 Å². The fourth-order valence-corrected chi connectivity index (χ4v) is 2.67. The van der Waals surface area contributed by atoms with Crippen molar-refractivity contribution in [1.82, 2.24) is 5.32 Å². The zero-order valence-corrected chi connectivity index (χ0v) is 16.8. The molecule has 0 bridgehead atoms. The van der Waals surface area contributed by atoms with Crippen LogP contribution < -0.4 is 5.32 Å². The first-order chi connectivity index (χ1) is 11.5. The van der Waals surface area contributed by atoms with Crippen LogP contribution in [0.25, 0.3) is 0 Å². The molecule has 2 N–H and O–H groups in total. The van der Waals surface area contributed by atoms with Gasteiger partial charge in [0.1, 0.15) is 19.9 Å². The molecule has 0 aliphatic heterocycles. The monoisotopic (exact) mass is 361 g/mol. The number of carbonyl (C=O) groups excluding carboxylic acids is 2. The lowest BCUT2D eigenvalue weighted by Crippen LogP contribution is -2.41. The molecule has 0 aromatic heterocycles. The maximum Gasteiger partial charge on any atom is 0.329 e. The third-order valence-electron chi connectivity index (χ3n) is 4.50. The van der Waals surface area contributed by atoms with E-state index in [2.05, 4.69) is 50.6 Å². The molecule has 0 heterocycles. The molecule has 1 aromatic rings. The van der Waals surface area contributed by atoms with Gasteiger partial charge in [-0.15, -0.1) is 11.5 Å². The third kappa shape index (κ3) is 5.95. The molecule has 0 fully saturated rings. The summed E-state index contributed by atoms with van der Waals surface area (Å²) in [4.78, 5) is 24.2. The Bertz CT molecular complexity index is 678. The lowest BCUT2D eigenvalue weighted by Gasteiger charge is -2.31. The molecule has 1 amide bonds. The summed E-state index contributed by atoms with van der Waals surface area (Å²) in [5, 5.41) is 12.1. The highest BCUT2D eigenvalue weighted by molar-refractivity contribution is 6.87. The highest BCUT2D eigenvalue weighted by Crippen LogP contribution is 2.35. The van der Waals surface area contributed by atoms with Crippen LogP contribution in [0.5, 0.6) is 5.75 Å². The van der Waals surface area contributed by atoms with Crippen LogP contribution in [0.2, 0.25) is 18.1 Å². The molecule has 0 spiro atoms. The summed E-state index contributed by atoms with van der Waals surface area (Å²) in [5.41, 5.74) is 3.68. The molecule has 25 heavy (non-hydrogen) atoms. The van der Waals surface area contributed by atoms with Crippen molar-refractivity contribution in [3.05, 3.63) is 29.8 Å². The maximum atomic E-state index is 12.3.